The maximum atomic E-state index is 12.4. The fourth-order valence-corrected chi connectivity index (χ4v) is 4.07. The number of nitrogens with zero attached hydrogens (tertiary/aromatic N) is 3. The first-order valence-electron chi connectivity index (χ1n) is 7.62. The van der Waals surface area contributed by atoms with E-state index in [1.807, 2.05) is 0 Å². The van der Waals surface area contributed by atoms with E-state index in [0.717, 1.165) is 4.90 Å². The van der Waals surface area contributed by atoms with Crippen LogP contribution in [0.3, 0.4) is 0 Å². The number of esters is 1. The van der Waals surface area contributed by atoms with E-state index in [2.05, 4.69) is 10.4 Å². The van der Waals surface area contributed by atoms with Crippen molar-refractivity contribution in [2.45, 2.75) is 18.3 Å². The number of fused-ring (bicyclic) bond motifs is 1. The number of β-lactam (4-membered cyclic amide) rings is 1. The Hall–Kier alpha value is -2.82. The average molecular weight is 380 g/mol. The summed E-state index contributed by atoms with van der Waals surface area (Å²) in [6.45, 7) is 1.03. The minimum absolute atomic E-state index is 0.187. The molecule has 0 aromatic carbocycles. The number of carboxylic acids is 1. The zero-order chi connectivity index (χ0) is 19.0. The molecular weight excluding hydrogens is 364 g/mol. The van der Waals surface area contributed by atoms with Crippen LogP contribution in [0.25, 0.3) is 0 Å². The van der Waals surface area contributed by atoms with Gasteiger partial charge in [0.25, 0.3) is 11.8 Å². The first kappa shape index (κ1) is 18.0. The van der Waals surface area contributed by atoms with Gasteiger partial charge in [-0.3, -0.25) is 24.0 Å². The van der Waals surface area contributed by atoms with Crippen molar-refractivity contribution in [2.24, 2.45) is 7.05 Å². The third-order valence-electron chi connectivity index (χ3n) is 3.95. The Balaban J connectivity index is 1.75. The largest absolute Gasteiger partial charge is 0.477 e. The first-order chi connectivity index (χ1) is 12.3. The molecular formula is C15H16N4O6S. The summed E-state index contributed by atoms with van der Waals surface area (Å²) in [6.07, 6.45) is 2.90. The first-order valence-corrected chi connectivity index (χ1v) is 8.67. The van der Waals surface area contributed by atoms with E-state index < -0.39 is 35.2 Å². The van der Waals surface area contributed by atoms with Crippen molar-refractivity contribution in [3.63, 3.8) is 0 Å². The summed E-state index contributed by atoms with van der Waals surface area (Å²) in [7, 11) is 1.67. The molecule has 1 saturated heterocycles. The Morgan fingerprint density at radius 3 is 2.77 bits per heavy atom. The van der Waals surface area contributed by atoms with Crippen LogP contribution in [-0.2, 0) is 26.2 Å². The summed E-state index contributed by atoms with van der Waals surface area (Å²) in [5.74, 6) is -2.50. The van der Waals surface area contributed by atoms with Crippen molar-refractivity contribution in [2.75, 3.05) is 12.4 Å². The molecule has 26 heavy (non-hydrogen) atoms. The van der Waals surface area contributed by atoms with Gasteiger partial charge in [-0.05, 0) is 0 Å². The Morgan fingerprint density at radius 1 is 1.46 bits per heavy atom. The fourth-order valence-electron chi connectivity index (χ4n) is 2.75. The van der Waals surface area contributed by atoms with Crippen LogP contribution in [0.2, 0.25) is 0 Å². The Labute approximate surface area is 152 Å². The smallest absolute Gasteiger partial charge is 0.352 e. The van der Waals surface area contributed by atoms with E-state index in [-0.39, 0.29) is 18.1 Å². The second kappa shape index (κ2) is 6.83. The molecule has 10 nitrogen and oxygen atoms in total. The minimum Gasteiger partial charge on any atom is -0.477 e. The lowest BCUT2D eigenvalue weighted by Gasteiger charge is -2.49. The zero-order valence-electron chi connectivity index (χ0n) is 14.0. The number of ether oxygens (including phenoxy) is 1. The molecule has 1 aromatic heterocycles. The lowest BCUT2D eigenvalue weighted by atomic mass is 10.0. The van der Waals surface area contributed by atoms with E-state index in [4.69, 9.17) is 4.74 Å². The molecule has 0 unspecified atom stereocenters. The van der Waals surface area contributed by atoms with Gasteiger partial charge in [0.05, 0.1) is 11.8 Å². The van der Waals surface area contributed by atoms with Crippen LogP contribution >= 0.6 is 11.8 Å². The molecule has 3 heterocycles. The molecule has 2 aliphatic heterocycles. The van der Waals surface area contributed by atoms with Crippen LogP contribution in [0.15, 0.2) is 23.7 Å². The summed E-state index contributed by atoms with van der Waals surface area (Å²) in [4.78, 5) is 48.3. The second-order valence-corrected chi connectivity index (χ2v) is 6.91. The number of amides is 2. The summed E-state index contributed by atoms with van der Waals surface area (Å²) in [6, 6.07) is -0.822. The molecule has 0 radical (unpaired) electrons. The van der Waals surface area contributed by atoms with Gasteiger partial charge in [0.15, 0.2) is 0 Å². The number of thioether (sulfide) groups is 1. The van der Waals surface area contributed by atoms with E-state index in [1.54, 1.807) is 7.05 Å². The van der Waals surface area contributed by atoms with Crippen LogP contribution in [0.4, 0.5) is 0 Å². The van der Waals surface area contributed by atoms with Gasteiger partial charge in [0, 0.05) is 31.5 Å². The van der Waals surface area contributed by atoms with Crippen molar-refractivity contribution in [3.8, 4) is 0 Å². The molecule has 2 atom stereocenters. The van der Waals surface area contributed by atoms with Crippen molar-refractivity contribution in [1.29, 1.82) is 0 Å². The van der Waals surface area contributed by atoms with Crippen LogP contribution in [-0.4, -0.2) is 67.3 Å². The highest BCUT2D eigenvalue weighted by Crippen LogP contribution is 2.40. The molecule has 2 N–H and O–H groups in total. The predicted molar refractivity (Wildman–Crippen MR) is 88.8 cm³/mol. The zero-order valence-corrected chi connectivity index (χ0v) is 14.8. The second-order valence-electron chi connectivity index (χ2n) is 5.80. The summed E-state index contributed by atoms with van der Waals surface area (Å²) < 4.78 is 6.33. The lowest BCUT2D eigenvalue weighted by molar-refractivity contribution is -0.149. The van der Waals surface area contributed by atoms with Gasteiger partial charge < -0.3 is 15.2 Å². The topological polar surface area (TPSA) is 131 Å². The van der Waals surface area contributed by atoms with Gasteiger partial charge in [0.1, 0.15) is 23.7 Å². The summed E-state index contributed by atoms with van der Waals surface area (Å²) >= 11 is 1.31. The van der Waals surface area contributed by atoms with Crippen molar-refractivity contribution in [3.05, 3.63) is 29.2 Å². The van der Waals surface area contributed by atoms with Gasteiger partial charge >= 0.3 is 11.9 Å². The highest BCUT2D eigenvalue weighted by Gasteiger charge is 2.54. The number of hydrogen-bond acceptors (Lipinski definition) is 7. The van der Waals surface area contributed by atoms with Crippen LogP contribution < -0.4 is 5.32 Å². The maximum Gasteiger partial charge on any atom is 0.352 e. The molecule has 2 amide bonds. The number of aryl methyl sites for hydroxylation is 1. The van der Waals surface area contributed by atoms with Gasteiger partial charge in [0.2, 0.25) is 0 Å². The third kappa shape index (κ3) is 3.17. The molecule has 0 saturated carbocycles. The Morgan fingerprint density at radius 2 is 2.19 bits per heavy atom. The van der Waals surface area contributed by atoms with Crippen LogP contribution in [0.5, 0.6) is 0 Å². The molecule has 0 bridgehead atoms. The maximum absolute atomic E-state index is 12.4. The normalized spacial score (nSPS) is 21.8. The van der Waals surface area contributed by atoms with E-state index in [9.17, 15) is 24.3 Å². The SMILES string of the molecule is CC(=O)OCC1=C(C(=O)O)N2C(=O)[C@H](NC(=O)c3cnn(C)c3)[C@H]2SC1. The summed E-state index contributed by atoms with van der Waals surface area (Å²) in [5.41, 5.74) is 0.468. The predicted octanol–water partition coefficient (Wildman–Crippen LogP) is -0.665. The lowest BCUT2D eigenvalue weighted by Crippen LogP contribution is -2.70. The fraction of sp³-hybridized carbons (Fsp3) is 0.400. The van der Waals surface area contributed by atoms with Gasteiger partial charge in [-0.15, -0.1) is 11.8 Å². The number of nitrogens with one attached hydrogen (secondary N) is 1. The molecule has 11 heteroatoms. The van der Waals surface area contributed by atoms with Gasteiger partial charge in [-0.1, -0.05) is 0 Å². The highest BCUT2D eigenvalue weighted by molar-refractivity contribution is 8.00. The number of aliphatic carboxylic acids is 1. The van der Waals surface area contributed by atoms with Crippen molar-refractivity contribution < 1.29 is 29.0 Å². The molecule has 0 spiro atoms. The van der Waals surface area contributed by atoms with Gasteiger partial charge in [-0.2, -0.15) is 5.10 Å². The van der Waals surface area contributed by atoms with Gasteiger partial charge in [-0.25, -0.2) is 4.79 Å². The monoisotopic (exact) mass is 380 g/mol. The van der Waals surface area contributed by atoms with Crippen molar-refractivity contribution in [1.82, 2.24) is 20.0 Å². The van der Waals surface area contributed by atoms with Crippen LogP contribution in [0.1, 0.15) is 17.3 Å². The highest BCUT2D eigenvalue weighted by atomic mass is 32.2. The molecule has 1 aromatic rings. The quantitative estimate of drug-likeness (QED) is 0.508. The number of carboxylic acid groups (broad SMARTS) is 1. The molecule has 3 rings (SSSR count). The minimum atomic E-state index is -1.28. The summed E-state index contributed by atoms with van der Waals surface area (Å²) in [5, 5.41) is 15.5. The molecule has 2 aliphatic rings. The van der Waals surface area contributed by atoms with Crippen molar-refractivity contribution >= 4 is 35.5 Å². The average Bonchev–Trinajstić information content (AvgIpc) is 3.02. The Bertz CT molecular complexity index is 832. The standard InChI is InChI=1S/C15H16N4O6S/c1-7(20)25-5-9-6-26-14-10(13(22)19(14)11(9)15(23)24)17-12(21)8-3-16-18(2)4-8/h3-4,10,14H,5-6H2,1-2H3,(H,17,21)(H,23,24)/t10-,14+/m0/s1. The number of rotatable bonds is 5. The van der Waals surface area contributed by atoms with E-state index in [0.29, 0.717) is 11.1 Å². The number of aromatic nitrogens is 2. The van der Waals surface area contributed by atoms with Crippen LogP contribution in [0, 0.1) is 0 Å². The molecule has 0 aliphatic carbocycles. The number of carbonyl (C=O) groups is 4. The van der Waals surface area contributed by atoms with E-state index >= 15 is 0 Å². The molecule has 1 fully saturated rings. The molecule has 138 valence electrons. The Kier molecular flexibility index (Phi) is 4.72. The number of hydrogen-bond donors (Lipinski definition) is 2. The van der Waals surface area contributed by atoms with E-state index in [1.165, 1.54) is 35.8 Å². The third-order valence-corrected chi connectivity index (χ3v) is 5.29. The number of carbonyl (C=O) groups excluding carboxylic acids is 3.